The van der Waals surface area contributed by atoms with E-state index in [0.29, 0.717) is 17.9 Å². The highest BCUT2D eigenvalue weighted by Gasteiger charge is 2.28. The third-order valence-electron chi connectivity index (χ3n) is 4.09. The average molecular weight is 241 g/mol. The molecule has 100 valence electrons. The number of primary amides is 1. The van der Waals surface area contributed by atoms with Gasteiger partial charge in [-0.25, -0.2) is 0 Å². The summed E-state index contributed by atoms with van der Waals surface area (Å²) in [5.41, 5.74) is 11.3. The summed E-state index contributed by atoms with van der Waals surface area (Å²) in [5, 5.41) is 0. The van der Waals surface area contributed by atoms with Crippen LogP contribution in [0, 0.1) is 5.41 Å². The topological polar surface area (TPSA) is 72.3 Å². The Kier molecular flexibility index (Phi) is 4.95. The second-order valence-electron chi connectivity index (χ2n) is 6.17. The molecule has 4 nitrogen and oxygen atoms in total. The first-order valence-electron chi connectivity index (χ1n) is 6.57. The van der Waals surface area contributed by atoms with E-state index in [-0.39, 0.29) is 0 Å². The molecule has 0 aromatic rings. The zero-order valence-corrected chi connectivity index (χ0v) is 11.4. The van der Waals surface area contributed by atoms with E-state index < -0.39 is 11.9 Å². The van der Waals surface area contributed by atoms with Crippen LogP contribution < -0.4 is 11.5 Å². The zero-order valence-electron chi connectivity index (χ0n) is 11.4. The van der Waals surface area contributed by atoms with E-state index in [1.54, 1.807) is 0 Å². The maximum absolute atomic E-state index is 10.9. The van der Waals surface area contributed by atoms with Crippen LogP contribution in [0.25, 0.3) is 0 Å². The van der Waals surface area contributed by atoms with Crippen LogP contribution in [-0.4, -0.2) is 36.5 Å². The van der Waals surface area contributed by atoms with Gasteiger partial charge in [-0.1, -0.05) is 13.8 Å². The second-order valence-corrected chi connectivity index (χ2v) is 6.17. The van der Waals surface area contributed by atoms with E-state index >= 15 is 0 Å². The van der Waals surface area contributed by atoms with E-state index in [4.69, 9.17) is 11.5 Å². The first-order valence-corrected chi connectivity index (χ1v) is 6.57. The molecule has 1 saturated carbocycles. The lowest BCUT2D eigenvalue weighted by molar-refractivity contribution is -0.119. The van der Waals surface area contributed by atoms with Crippen LogP contribution in [0.15, 0.2) is 0 Å². The number of hydrogen-bond donors (Lipinski definition) is 2. The van der Waals surface area contributed by atoms with Gasteiger partial charge in [0, 0.05) is 12.6 Å². The number of nitrogens with two attached hydrogens (primary N) is 2. The van der Waals surface area contributed by atoms with Gasteiger partial charge in [-0.05, 0) is 44.6 Å². The van der Waals surface area contributed by atoms with Gasteiger partial charge in [0.05, 0.1) is 6.04 Å². The van der Waals surface area contributed by atoms with Crippen LogP contribution in [0.4, 0.5) is 0 Å². The Morgan fingerprint density at radius 1 is 1.41 bits per heavy atom. The van der Waals surface area contributed by atoms with E-state index in [1.807, 2.05) is 0 Å². The smallest absolute Gasteiger partial charge is 0.234 e. The number of nitrogens with zero attached hydrogens (tertiary/aromatic N) is 1. The monoisotopic (exact) mass is 241 g/mol. The molecule has 0 bridgehead atoms. The van der Waals surface area contributed by atoms with Crippen molar-refractivity contribution in [3.8, 4) is 0 Å². The average Bonchev–Trinajstić information content (AvgIpc) is 2.25. The second kappa shape index (κ2) is 5.83. The fraction of sp³-hybridized carbons (Fsp3) is 0.923. The van der Waals surface area contributed by atoms with Crippen molar-refractivity contribution >= 4 is 5.91 Å². The van der Waals surface area contributed by atoms with Crippen LogP contribution in [-0.2, 0) is 4.79 Å². The SMILES string of the molecule is CN(CCC(N)C(N)=O)C1CCC(C)(C)CC1. The summed E-state index contributed by atoms with van der Waals surface area (Å²) in [7, 11) is 2.12. The van der Waals surface area contributed by atoms with Crippen molar-refractivity contribution in [1.29, 1.82) is 0 Å². The van der Waals surface area contributed by atoms with Gasteiger partial charge >= 0.3 is 0 Å². The molecule has 0 aromatic heterocycles. The molecule has 0 saturated heterocycles. The molecule has 1 aliphatic carbocycles. The summed E-state index contributed by atoms with van der Waals surface area (Å²) < 4.78 is 0. The van der Waals surface area contributed by atoms with E-state index in [2.05, 4.69) is 25.8 Å². The quantitative estimate of drug-likeness (QED) is 0.757. The maximum Gasteiger partial charge on any atom is 0.234 e. The highest BCUT2D eigenvalue weighted by molar-refractivity contribution is 5.79. The molecule has 17 heavy (non-hydrogen) atoms. The van der Waals surface area contributed by atoms with Crippen molar-refractivity contribution in [3.05, 3.63) is 0 Å². The third-order valence-corrected chi connectivity index (χ3v) is 4.09. The van der Waals surface area contributed by atoms with Crippen LogP contribution in [0.3, 0.4) is 0 Å². The molecule has 1 unspecified atom stereocenters. The molecule has 0 radical (unpaired) electrons. The minimum Gasteiger partial charge on any atom is -0.368 e. The van der Waals surface area contributed by atoms with Crippen molar-refractivity contribution in [3.63, 3.8) is 0 Å². The lowest BCUT2D eigenvalue weighted by Crippen LogP contribution is -2.42. The summed E-state index contributed by atoms with van der Waals surface area (Å²) in [4.78, 5) is 13.2. The first-order chi connectivity index (χ1) is 7.82. The molecular weight excluding hydrogens is 214 g/mol. The molecule has 4 heteroatoms. The normalized spacial score (nSPS) is 22.6. The van der Waals surface area contributed by atoms with Crippen LogP contribution in [0.2, 0.25) is 0 Å². The highest BCUT2D eigenvalue weighted by atomic mass is 16.1. The van der Waals surface area contributed by atoms with E-state index in [1.165, 1.54) is 25.7 Å². The summed E-state index contributed by atoms with van der Waals surface area (Å²) in [6.07, 6.45) is 5.71. The Morgan fingerprint density at radius 2 is 1.94 bits per heavy atom. The molecule has 1 rings (SSSR count). The summed E-state index contributed by atoms with van der Waals surface area (Å²) >= 11 is 0. The fourth-order valence-electron chi connectivity index (χ4n) is 2.49. The van der Waals surface area contributed by atoms with Crippen molar-refractivity contribution in [2.75, 3.05) is 13.6 Å². The molecule has 0 aromatic carbocycles. The number of carbonyl (C=O) groups excluding carboxylic acids is 1. The van der Waals surface area contributed by atoms with Crippen molar-refractivity contribution in [2.24, 2.45) is 16.9 Å². The van der Waals surface area contributed by atoms with Gasteiger partial charge in [-0.3, -0.25) is 4.79 Å². The summed E-state index contributed by atoms with van der Waals surface area (Å²) in [5.74, 6) is -0.400. The minimum absolute atomic E-state index is 0.400. The lowest BCUT2D eigenvalue weighted by Gasteiger charge is -2.38. The molecular formula is C13H27N3O. The predicted molar refractivity (Wildman–Crippen MR) is 70.5 cm³/mol. The van der Waals surface area contributed by atoms with Crippen LogP contribution >= 0.6 is 0 Å². The van der Waals surface area contributed by atoms with E-state index in [0.717, 1.165) is 6.54 Å². The minimum atomic E-state index is -0.502. The predicted octanol–water partition coefficient (Wildman–Crippen LogP) is 1.09. The zero-order chi connectivity index (χ0) is 13.1. The van der Waals surface area contributed by atoms with Gasteiger partial charge in [0.25, 0.3) is 0 Å². The van der Waals surface area contributed by atoms with Gasteiger partial charge in [-0.2, -0.15) is 0 Å². The Morgan fingerprint density at radius 3 is 2.41 bits per heavy atom. The molecule has 1 atom stereocenters. The Bertz CT molecular complexity index is 255. The summed E-state index contributed by atoms with van der Waals surface area (Å²) in [6, 6.07) is 0.139. The molecule has 0 heterocycles. The Balaban J connectivity index is 2.29. The number of carbonyl (C=O) groups is 1. The van der Waals surface area contributed by atoms with Crippen molar-refractivity contribution in [1.82, 2.24) is 4.90 Å². The van der Waals surface area contributed by atoms with Gasteiger partial charge < -0.3 is 16.4 Å². The largest absolute Gasteiger partial charge is 0.368 e. The van der Waals surface area contributed by atoms with Crippen molar-refractivity contribution < 1.29 is 4.79 Å². The van der Waals surface area contributed by atoms with Crippen molar-refractivity contribution in [2.45, 2.75) is 58.0 Å². The van der Waals surface area contributed by atoms with Gasteiger partial charge in [0.15, 0.2) is 0 Å². The molecule has 0 aliphatic heterocycles. The molecule has 1 aliphatic rings. The highest BCUT2D eigenvalue weighted by Crippen LogP contribution is 2.36. The number of amides is 1. The summed E-state index contributed by atoms with van der Waals surface area (Å²) in [6.45, 7) is 5.54. The maximum atomic E-state index is 10.9. The lowest BCUT2D eigenvalue weighted by atomic mass is 9.75. The first kappa shape index (κ1) is 14.5. The molecule has 0 spiro atoms. The Hall–Kier alpha value is -0.610. The molecule has 1 amide bonds. The standard InChI is InChI=1S/C13H27N3O/c1-13(2)7-4-10(5-8-13)16(3)9-6-11(14)12(15)17/h10-11H,4-9,14H2,1-3H3,(H2,15,17). The van der Waals surface area contributed by atoms with E-state index in [9.17, 15) is 4.79 Å². The van der Waals surface area contributed by atoms with Gasteiger partial charge in [-0.15, -0.1) is 0 Å². The number of rotatable bonds is 5. The van der Waals surface area contributed by atoms with Crippen LogP contribution in [0.5, 0.6) is 0 Å². The number of hydrogen-bond acceptors (Lipinski definition) is 3. The van der Waals surface area contributed by atoms with Gasteiger partial charge in [0.2, 0.25) is 5.91 Å². The third kappa shape index (κ3) is 4.64. The van der Waals surface area contributed by atoms with Gasteiger partial charge in [0.1, 0.15) is 0 Å². The Labute approximate surface area is 105 Å². The fourth-order valence-corrected chi connectivity index (χ4v) is 2.49. The molecule has 1 fully saturated rings. The molecule has 4 N–H and O–H groups in total. The van der Waals surface area contributed by atoms with Crippen LogP contribution in [0.1, 0.15) is 46.0 Å².